The fraction of sp³-hybridized carbons (Fsp3) is 0.857. The summed E-state index contributed by atoms with van der Waals surface area (Å²) in [5, 5.41) is 8.31. The number of nitrogens with one attached hydrogen (secondary N) is 1. The first-order valence-corrected chi connectivity index (χ1v) is 5.98. The van der Waals surface area contributed by atoms with Crippen molar-refractivity contribution in [3.63, 3.8) is 0 Å². The zero-order valence-electron chi connectivity index (χ0n) is 8.06. The molecule has 0 amide bonds. The van der Waals surface area contributed by atoms with Crippen LogP contribution in [0.4, 0.5) is 0 Å². The maximum absolute atomic E-state index is 11.1. The molecule has 1 unspecified atom stereocenters. The molecule has 4 N–H and O–H groups in total. The van der Waals surface area contributed by atoms with E-state index >= 15 is 0 Å². The predicted molar refractivity (Wildman–Crippen MR) is 52.3 cm³/mol. The maximum Gasteiger partial charge on any atom is 0.320 e. The van der Waals surface area contributed by atoms with Crippen LogP contribution < -0.4 is 10.5 Å². The Bertz CT molecular complexity index is 275. The Labute approximate surface area is 83.5 Å². The second-order valence-electron chi connectivity index (χ2n) is 2.99. The van der Waals surface area contributed by atoms with Gasteiger partial charge >= 0.3 is 5.97 Å². The quantitative estimate of drug-likeness (QED) is 0.520. The third-order valence-electron chi connectivity index (χ3n) is 1.58. The number of nitrogens with two attached hydrogens (primary N) is 1. The summed E-state index contributed by atoms with van der Waals surface area (Å²) in [4.78, 5) is 10.2. The van der Waals surface area contributed by atoms with E-state index in [0.717, 1.165) is 6.42 Å². The van der Waals surface area contributed by atoms with Gasteiger partial charge in [0.2, 0.25) is 10.0 Å². The molecule has 14 heavy (non-hydrogen) atoms. The van der Waals surface area contributed by atoms with Crippen LogP contribution in [0, 0.1) is 0 Å². The molecule has 0 aliphatic rings. The highest BCUT2D eigenvalue weighted by atomic mass is 32.2. The number of hydrogen-bond acceptors (Lipinski definition) is 4. The van der Waals surface area contributed by atoms with E-state index in [0.29, 0.717) is 6.42 Å². The van der Waals surface area contributed by atoms with Gasteiger partial charge in [-0.25, -0.2) is 13.1 Å². The van der Waals surface area contributed by atoms with Crippen molar-refractivity contribution in [1.82, 2.24) is 4.72 Å². The summed E-state index contributed by atoms with van der Waals surface area (Å²) in [5.74, 6) is -2.28. The van der Waals surface area contributed by atoms with Crippen LogP contribution in [0.5, 0.6) is 0 Å². The highest BCUT2D eigenvalue weighted by Gasteiger charge is 2.19. The molecule has 0 bridgehead atoms. The molecule has 0 saturated heterocycles. The molecule has 0 aromatic heterocycles. The van der Waals surface area contributed by atoms with Gasteiger partial charge in [-0.15, -0.1) is 0 Å². The molecule has 0 aromatic rings. The zero-order chi connectivity index (χ0) is 11.2. The van der Waals surface area contributed by atoms with Crippen molar-refractivity contribution >= 4 is 16.0 Å². The Hall–Kier alpha value is -0.660. The molecule has 1 atom stereocenters. The van der Waals surface area contributed by atoms with Gasteiger partial charge in [0.15, 0.2) is 5.75 Å². The summed E-state index contributed by atoms with van der Waals surface area (Å²) in [5.41, 5.74) is 5.32. The van der Waals surface area contributed by atoms with E-state index in [9.17, 15) is 13.2 Å². The lowest BCUT2D eigenvalue weighted by molar-refractivity contribution is -0.134. The summed E-state index contributed by atoms with van der Waals surface area (Å²) < 4.78 is 24.5. The first kappa shape index (κ1) is 13.3. The van der Waals surface area contributed by atoms with Crippen LogP contribution in [0.3, 0.4) is 0 Å². The van der Waals surface area contributed by atoms with Crippen molar-refractivity contribution < 1.29 is 18.3 Å². The van der Waals surface area contributed by atoms with Crippen LogP contribution in [-0.4, -0.2) is 37.8 Å². The van der Waals surface area contributed by atoms with Crippen LogP contribution >= 0.6 is 0 Å². The molecule has 0 heterocycles. The topological polar surface area (TPSA) is 109 Å². The van der Waals surface area contributed by atoms with Crippen molar-refractivity contribution in [2.75, 3.05) is 12.3 Å². The largest absolute Gasteiger partial charge is 0.480 e. The lowest BCUT2D eigenvalue weighted by Crippen LogP contribution is -2.42. The van der Waals surface area contributed by atoms with Crippen molar-refractivity contribution in [2.24, 2.45) is 5.73 Å². The maximum atomic E-state index is 11.1. The monoisotopic (exact) mass is 224 g/mol. The number of carboxylic acid groups (broad SMARTS) is 1. The Morgan fingerprint density at radius 3 is 2.50 bits per heavy atom. The minimum absolute atomic E-state index is 0.173. The number of hydrogen-bond donors (Lipinski definition) is 3. The van der Waals surface area contributed by atoms with Gasteiger partial charge in [-0.3, -0.25) is 4.79 Å². The van der Waals surface area contributed by atoms with Crippen molar-refractivity contribution in [3.8, 4) is 0 Å². The number of carboxylic acids is 1. The number of sulfonamides is 1. The molecule has 6 nitrogen and oxygen atoms in total. The van der Waals surface area contributed by atoms with E-state index in [4.69, 9.17) is 10.8 Å². The minimum Gasteiger partial charge on any atom is -0.480 e. The van der Waals surface area contributed by atoms with Crippen LogP contribution in [0.2, 0.25) is 0 Å². The van der Waals surface area contributed by atoms with Gasteiger partial charge in [0.1, 0.15) is 0 Å². The Kier molecular flexibility index (Phi) is 5.66. The van der Waals surface area contributed by atoms with Gasteiger partial charge in [-0.2, -0.15) is 0 Å². The number of aliphatic carboxylic acids is 1. The number of rotatable bonds is 7. The van der Waals surface area contributed by atoms with Gasteiger partial charge in [-0.1, -0.05) is 13.3 Å². The molecular formula is C7H16N2O4S. The summed E-state index contributed by atoms with van der Waals surface area (Å²) >= 11 is 0. The molecule has 0 fully saturated rings. The van der Waals surface area contributed by atoms with Gasteiger partial charge in [0, 0.05) is 12.6 Å². The van der Waals surface area contributed by atoms with Crippen LogP contribution in [0.15, 0.2) is 0 Å². The van der Waals surface area contributed by atoms with Crippen molar-refractivity contribution in [1.29, 1.82) is 0 Å². The summed E-state index contributed by atoms with van der Waals surface area (Å²) in [6.45, 7) is 2.07. The molecule has 0 aromatic carbocycles. The first-order chi connectivity index (χ1) is 6.41. The Morgan fingerprint density at radius 1 is 1.57 bits per heavy atom. The molecule has 7 heteroatoms. The van der Waals surface area contributed by atoms with Crippen molar-refractivity contribution in [3.05, 3.63) is 0 Å². The fourth-order valence-electron chi connectivity index (χ4n) is 1.03. The lowest BCUT2D eigenvalue weighted by atomic mass is 10.2. The summed E-state index contributed by atoms with van der Waals surface area (Å²) in [6.07, 6.45) is 1.40. The van der Waals surface area contributed by atoms with E-state index in [2.05, 4.69) is 4.72 Å². The van der Waals surface area contributed by atoms with E-state index in [1.807, 2.05) is 6.92 Å². The third kappa shape index (κ3) is 5.90. The normalized spacial score (nSPS) is 13.9. The smallest absolute Gasteiger partial charge is 0.320 e. The minimum atomic E-state index is -3.74. The summed E-state index contributed by atoms with van der Waals surface area (Å²) in [6, 6.07) is -0.371. The molecule has 0 aliphatic heterocycles. The average molecular weight is 224 g/mol. The fourth-order valence-corrected chi connectivity index (χ4v) is 2.16. The predicted octanol–water partition coefficient (Wildman–Crippen LogP) is -0.882. The van der Waals surface area contributed by atoms with Crippen LogP contribution in [0.25, 0.3) is 0 Å². The van der Waals surface area contributed by atoms with E-state index in [-0.39, 0.29) is 12.6 Å². The summed E-state index contributed by atoms with van der Waals surface area (Å²) in [7, 11) is -3.74. The van der Waals surface area contributed by atoms with Gasteiger partial charge in [-0.05, 0) is 6.42 Å². The van der Waals surface area contributed by atoms with Crippen molar-refractivity contribution in [2.45, 2.75) is 25.8 Å². The molecule has 0 spiro atoms. The zero-order valence-corrected chi connectivity index (χ0v) is 8.88. The third-order valence-corrected chi connectivity index (χ3v) is 2.90. The molecular weight excluding hydrogens is 208 g/mol. The van der Waals surface area contributed by atoms with E-state index < -0.39 is 21.7 Å². The molecule has 0 radical (unpaired) electrons. The first-order valence-electron chi connectivity index (χ1n) is 4.33. The van der Waals surface area contributed by atoms with Gasteiger partial charge in [0.25, 0.3) is 0 Å². The molecule has 0 saturated carbocycles. The van der Waals surface area contributed by atoms with Crippen LogP contribution in [0.1, 0.15) is 19.8 Å². The van der Waals surface area contributed by atoms with Gasteiger partial charge < -0.3 is 10.8 Å². The van der Waals surface area contributed by atoms with E-state index in [1.165, 1.54) is 0 Å². The highest BCUT2D eigenvalue weighted by molar-refractivity contribution is 7.90. The van der Waals surface area contributed by atoms with E-state index in [1.54, 1.807) is 0 Å². The Balaban J connectivity index is 4.25. The van der Waals surface area contributed by atoms with Gasteiger partial charge in [0.05, 0.1) is 0 Å². The highest BCUT2D eigenvalue weighted by Crippen LogP contribution is 1.97. The lowest BCUT2D eigenvalue weighted by Gasteiger charge is -2.14. The molecule has 0 aliphatic carbocycles. The second-order valence-corrected chi connectivity index (χ2v) is 4.75. The second kappa shape index (κ2) is 5.94. The Morgan fingerprint density at radius 2 is 2.14 bits per heavy atom. The standard InChI is InChI=1S/C7H16N2O4S/c1-2-3-6(4-8)9-14(12,13)5-7(10)11/h6,9H,2-5,8H2,1H3,(H,10,11). The molecule has 84 valence electrons. The number of carbonyl (C=O) groups is 1. The van der Waals surface area contributed by atoms with Crippen LogP contribution in [-0.2, 0) is 14.8 Å². The average Bonchev–Trinajstić information content (AvgIpc) is 2.00. The molecule has 0 rings (SSSR count). The SMILES string of the molecule is CCCC(CN)NS(=O)(=O)CC(=O)O.